The van der Waals surface area contributed by atoms with Crippen LogP contribution in [0.3, 0.4) is 0 Å². The number of nitrogens with zero attached hydrogens (tertiary/aromatic N) is 4. The Morgan fingerprint density at radius 3 is 2.73 bits per heavy atom. The lowest BCUT2D eigenvalue weighted by atomic mass is 10.0. The number of methoxy groups -OCH3 is 1. The van der Waals surface area contributed by atoms with Crippen molar-refractivity contribution < 1.29 is 9.53 Å². The molecule has 1 atom stereocenters. The van der Waals surface area contributed by atoms with E-state index in [0.29, 0.717) is 24.8 Å². The molecule has 0 aliphatic heterocycles. The van der Waals surface area contributed by atoms with Crippen LogP contribution >= 0.6 is 0 Å². The molecule has 1 amide bonds. The Kier molecular flexibility index (Phi) is 5.81. The summed E-state index contributed by atoms with van der Waals surface area (Å²) in [5.74, 6) is 0.999. The highest BCUT2D eigenvalue weighted by Gasteiger charge is 2.24. The molecule has 4 aromatic rings. The zero-order chi connectivity index (χ0) is 21.1. The number of pyridine rings is 1. The van der Waals surface area contributed by atoms with Gasteiger partial charge in [-0.2, -0.15) is 0 Å². The predicted octanol–water partition coefficient (Wildman–Crippen LogP) is 3.85. The number of rotatable bonds is 8. The van der Waals surface area contributed by atoms with Gasteiger partial charge in [0.15, 0.2) is 11.5 Å². The summed E-state index contributed by atoms with van der Waals surface area (Å²) in [6, 6.07) is 15.5. The first-order chi connectivity index (χ1) is 14.6. The van der Waals surface area contributed by atoms with Gasteiger partial charge in [0.2, 0.25) is 0 Å². The summed E-state index contributed by atoms with van der Waals surface area (Å²) in [4.78, 5) is 13.4. The molecule has 7 heteroatoms. The monoisotopic (exact) mass is 405 g/mol. The topological polar surface area (TPSA) is 73.4 Å². The lowest BCUT2D eigenvalue weighted by Gasteiger charge is -2.20. The second kappa shape index (κ2) is 8.67. The highest BCUT2D eigenvalue weighted by molar-refractivity contribution is 5.99. The Morgan fingerprint density at radius 1 is 1.13 bits per heavy atom. The first-order valence-electron chi connectivity index (χ1n) is 10.3. The van der Waals surface area contributed by atoms with Crippen molar-refractivity contribution in [3.05, 3.63) is 66.2 Å². The lowest BCUT2D eigenvalue weighted by Crippen LogP contribution is -2.32. The Bertz CT molecular complexity index is 1160. The largest absolute Gasteiger partial charge is 0.383 e. The standard InChI is InChI=1S/C23H27N5O2/c1-16(2)14-18(22-26-25-21-10-6-7-11-28(21)22)24-23(29)20-15-17-8-4-5-9-19(17)27(20)12-13-30-3/h4-11,15-16,18H,12-14H2,1-3H3,(H,24,29)/t18-/m1/s1. The number of amides is 1. The van der Waals surface area contributed by atoms with Gasteiger partial charge in [-0.3, -0.25) is 9.20 Å². The molecule has 0 aliphatic rings. The Morgan fingerprint density at radius 2 is 1.93 bits per heavy atom. The summed E-state index contributed by atoms with van der Waals surface area (Å²) in [6.45, 7) is 5.41. The average Bonchev–Trinajstić information content (AvgIpc) is 3.33. The van der Waals surface area contributed by atoms with Gasteiger partial charge in [0.1, 0.15) is 5.69 Å². The summed E-state index contributed by atoms with van der Waals surface area (Å²) in [5.41, 5.74) is 2.41. The van der Waals surface area contributed by atoms with Gasteiger partial charge >= 0.3 is 0 Å². The fourth-order valence-corrected chi connectivity index (χ4v) is 3.85. The van der Waals surface area contributed by atoms with E-state index in [1.54, 1.807) is 7.11 Å². The molecule has 0 spiro atoms. The second-order valence-electron chi connectivity index (χ2n) is 7.88. The third-order valence-corrected chi connectivity index (χ3v) is 5.23. The normalized spacial score (nSPS) is 12.7. The van der Waals surface area contributed by atoms with E-state index in [1.807, 2.05) is 63.7 Å². The predicted molar refractivity (Wildman–Crippen MR) is 116 cm³/mol. The summed E-state index contributed by atoms with van der Waals surface area (Å²) < 4.78 is 9.22. The van der Waals surface area contributed by atoms with Crippen molar-refractivity contribution in [3.63, 3.8) is 0 Å². The zero-order valence-corrected chi connectivity index (χ0v) is 17.6. The highest BCUT2D eigenvalue weighted by Crippen LogP contribution is 2.24. The van der Waals surface area contributed by atoms with Gasteiger partial charge in [0.25, 0.3) is 5.91 Å². The van der Waals surface area contributed by atoms with Crippen LogP contribution in [0.1, 0.15) is 42.6 Å². The molecule has 0 unspecified atom stereocenters. The van der Waals surface area contributed by atoms with E-state index in [9.17, 15) is 4.79 Å². The second-order valence-corrected chi connectivity index (χ2v) is 7.88. The van der Waals surface area contributed by atoms with Gasteiger partial charge < -0.3 is 14.6 Å². The Hall–Kier alpha value is -3.19. The molecule has 0 saturated heterocycles. The molecule has 30 heavy (non-hydrogen) atoms. The maximum Gasteiger partial charge on any atom is 0.268 e. The molecule has 0 radical (unpaired) electrons. The van der Waals surface area contributed by atoms with E-state index in [0.717, 1.165) is 28.8 Å². The molecule has 7 nitrogen and oxygen atoms in total. The van der Waals surface area contributed by atoms with Crippen LogP contribution in [0.5, 0.6) is 0 Å². The SMILES string of the molecule is COCCn1c(C(=O)N[C@H](CC(C)C)c2nnc3ccccn23)cc2ccccc21. The molecule has 3 heterocycles. The fraction of sp³-hybridized carbons (Fsp3) is 0.348. The molecular weight excluding hydrogens is 378 g/mol. The molecule has 156 valence electrons. The summed E-state index contributed by atoms with van der Waals surface area (Å²) in [7, 11) is 1.67. The zero-order valence-electron chi connectivity index (χ0n) is 17.6. The molecule has 0 bridgehead atoms. The molecular formula is C23H27N5O2. The van der Waals surface area contributed by atoms with Gasteiger partial charge in [-0.25, -0.2) is 0 Å². The molecule has 1 N–H and O–H groups in total. The van der Waals surface area contributed by atoms with Crippen molar-refractivity contribution in [2.45, 2.75) is 32.9 Å². The number of fused-ring (bicyclic) bond motifs is 2. The van der Waals surface area contributed by atoms with Gasteiger partial charge in [-0.15, -0.1) is 10.2 Å². The van der Waals surface area contributed by atoms with Crippen LogP contribution in [-0.4, -0.2) is 38.8 Å². The molecule has 1 aromatic carbocycles. The first-order valence-corrected chi connectivity index (χ1v) is 10.3. The van der Waals surface area contributed by atoms with Crippen molar-refractivity contribution in [1.29, 1.82) is 0 Å². The van der Waals surface area contributed by atoms with E-state index in [4.69, 9.17) is 4.74 Å². The number of carbonyl (C=O) groups excluding carboxylic acids is 1. The maximum atomic E-state index is 13.4. The first kappa shape index (κ1) is 20.1. The van der Waals surface area contributed by atoms with Gasteiger partial charge in [-0.1, -0.05) is 38.1 Å². The minimum atomic E-state index is -0.246. The quantitative estimate of drug-likeness (QED) is 0.483. The van der Waals surface area contributed by atoms with Crippen LogP contribution in [0.25, 0.3) is 16.6 Å². The number of benzene rings is 1. The minimum Gasteiger partial charge on any atom is -0.383 e. The van der Waals surface area contributed by atoms with E-state index in [2.05, 4.69) is 29.4 Å². The number of hydrogen-bond acceptors (Lipinski definition) is 4. The molecule has 0 fully saturated rings. The molecule has 0 saturated carbocycles. The van der Waals surface area contributed by atoms with Crippen molar-refractivity contribution in [2.24, 2.45) is 5.92 Å². The summed E-state index contributed by atoms with van der Waals surface area (Å²) >= 11 is 0. The van der Waals surface area contributed by atoms with E-state index < -0.39 is 0 Å². The molecule has 0 aliphatic carbocycles. The van der Waals surface area contributed by atoms with Gasteiger partial charge in [0.05, 0.1) is 12.6 Å². The van der Waals surface area contributed by atoms with Crippen LogP contribution in [-0.2, 0) is 11.3 Å². The van der Waals surface area contributed by atoms with E-state index in [-0.39, 0.29) is 11.9 Å². The fourth-order valence-electron chi connectivity index (χ4n) is 3.85. The number of aromatic nitrogens is 4. The van der Waals surface area contributed by atoms with Crippen molar-refractivity contribution in [3.8, 4) is 0 Å². The van der Waals surface area contributed by atoms with Crippen LogP contribution in [0.4, 0.5) is 0 Å². The van der Waals surface area contributed by atoms with Crippen LogP contribution in [0.15, 0.2) is 54.7 Å². The minimum absolute atomic E-state index is 0.124. The molecule has 4 rings (SSSR count). The Balaban J connectivity index is 1.69. The number of ether oxygens (including phenoxy) is 1. The van der Waals surface area contributed by atoms with Crippen molar-refractivity contribution >= 4 is 22.5 Å². The van der Waals surface area contributed by atoms with Crippen LogP contribution in [0.2, 0.25) is 0 Å². The van der Waals surface area contributed by atoms with Crippen LogP contribution in [0, 0.1) is 5.92 Å². The average molecular weight is 406 g/mol. The number of para-hydroxylation sites is 1. The smallest absolute Gasteiger partial charge is 0.268 e. The number of nitrogens with one attached hydrogen (secondary N) is 1. The van der Waals surface area contributed by atoms with E-state index in [1.165, 1.54) is 0 Å². The maximum absolute atomic E-state index is 13.4. The third kappa shape index (κ3) is 3.93. The summed E-state index contributed by atoms with van der Waals surface area (Å²) in [6.07, 6.45) is 2.69. The third-order valence-electron chi connectivity index (χ3n) is 5.23. The number of carbonyl (C=O) groups is 1. The van der Waals surface area contributed by atoms with E-state index >= 15 is 0 Å². The molecule has 3 aromatic heterocycles. The number of hydrogen-bond donors (Lipinski definition) is 1. The van der Waals surface area contributed by atoms with Gasteiger partial charge in [0, 0.05) is 30.8 Å². The van der Waals surface area contributed by atoms with Crippen molar-refractivity contribution in [1.82, 2.24) is 24.5 Å². The highest BCUT2D eigenvalue weighted by atomic mass is 16.5. The lowest BCUT2D eigenvalue weighted by molar-refractivity contribution is 0.0918. The summed E-state index contributed by atoms with van der Waals surface area (Å²) in [5, 5.41) is 12.9. The van der Waals surface area contributed by atoms with Gasteiger partial charge in [-0.05, 0) is 36.6 Å². The van der Waals surface area contributed by atoms with Crippen molar-refractivity contribution in [2.75, 3.05) is 13.7 Å². The Labute approximate surface area is 175 Å². The van der Waals surface area contributed by atoms with Crippen LogP contribution < -0.4 is 5.32 Å².